The Hall–Kier alpha value is -2.43. The summed E-state index contributed by atoms with van der Waals surface area (Å²) in [6.07, 6.45) is 3.83. The highest BCUT2D eigenvalue weighted by Crippen LogP contribution is 2.33. The zero-order valence-electron chi connectivity index (χ0n) is 11.2. The van der Waals surface area contributed by atoms with E-state index in [1.165, 1.54) is 11.6 Å². The van der Waals surface area contributed by atoms with Gasteiger partial charge >= 0.3 is 0 Å². The van der Waals surface area contributed by atoms with Crippen LogP contribution >= 0.6 is 0 Å². The minimum Gasteiger partial charge on any atom is -0.376 e. The van der Waals surface area contributed by atoms with Crippen LogP contribution in [0, 0.1) is 17.0 Å². The average Bonchev–Trinajstić information content (AvgIpc) is 2.84. The number of rotatable bonds is 3. The summed E-state index contributed by atoms with van der Waals surface area (Å²) in [5, 5.41) is 14.2. The van der Waals surface area contributed by atoms with Crippen LogP contribution in [0.25, 0.3) is 0 Å². The molecule has 2 aromatic rings. The first kappa shape index (κ1) is 12.6. The number of anilines is 1. The van der Waals surface area contributed by atoms with Crippen molar-refractivity contribution >= 4 is 11.4 Å². The fraction of sp³-hybridized carbons (Fsp3) is 0.267. The van der Waals surface area contributed by atoms with Crippen LogP contribution in [-0.2, 0) is 6.42 Å². The smallest absolute Gasteiger partial charge is 0.269 e. The van der Waals surface area contributed by atoms with Gasteiger partial charge in [-0.15, -0.1) is 0 Å². The summed E-state index contributed by atoms with van der Waals surface area (Å²) in [6, 6.07) is 9.14. The van der Waals surface area contributed by atoms with Gasteiger partial charge in [0.25, 0.3) is 5.69 Å². The number of nitro groups is 1. The summed E-state index contributed by atoms with van der Waals surface area (Å²) in [5.74, 6) is 0. The highest BCUT2D eigenvalue weighted by Gasteiger charge is 2.23. The van der Waals surface area contributed by atoms with E-state index in [4.69, 9.17) is 0 Å². The first-order chi connectivity index (χ1) is 9.65. The first-order valence-corrected chi connectivity index (χ1v) is 6.60. The molecule has 1 unspecified atom stereocenters. The van der Waals surface area contributed by atoms with Crippen LogP contribution in [-0.4, -0.2) is 9.91 Å². The molecule has 1 atom stereocenters. The number of nitrogens with one attached hydrogen (secondary N) is 1. The molecular weight excluding hydrogens is 254 g/mol. The van der Waals surface area contributed by atoms with Gasteiger partial charge in [-0.3, -0.25) is 15.1 Å². The lowest BCUT2D eigenvalue weighted by molar-refractivity contribution is -0.384. The Morgan fingerprint density at radius 1 is 1.40 bits per heavy atom. The fourth-order valence-corrected chi connectivity index (χ4v) is 2.66. The maximum Gasteiger partial charge on any atom is 0.269 e. The molecule has 0 aliphatic heterocycles. The Balaban J connectivity index is 1.84. The molecule has 1 aliphatic carbocycles. The van der Waals surface area contributed by atoms with Gasteiger partial charge < -0.3 is 5.32 Å². The quantitative estimate of drug-likeness (QED) is 0.685. The topological polar surface area (TPSA) is 68.1 Å². The zero-order chi connectivity index (χ0) is 14.1. The number of benzene rings is 1. The molecule has 20 heavy (non-hydrogen) atoms. The van der Waals surface area contributed by atoms with Gasteiger partial charge in [0.1, 0.15) is 0 Å². The second-order valence-corrected chi connectivity index (χ2v) is 5.04. The van der Waals surface area contributed by atoms with Crippen molar-refractivity contribution in [3.63, 3.8) is 0 Å². The van der Waals surface area contributed by atoms with Crippen LogP contribution in [0.3, 0.4) is 0 Å². The number of aryl methyl sites for hydroxylation is 2. The molecule has 1 aromatic heterocycles. The number of pyridine rings is 1. The predicted octanol–water partition coefficient (Wildman–Crippen LogP) is 3.40. The monoisotopic (exact) mass is 269 g/mol. The molecule has 3 rings (SSSR count). The van der Waals surface area contributed by atoms with E-state index in [2.05, 4.69) is 16.4 Å². The molecule has 1 heterocycles. The molecule has 5 heteroatoms. The lowest BCUT2D eigenvalue weighted by Gasteiger charge is -2.16. The Labute approximate surface area is 116 Å². The van der Waals surface area contributed by atoms with Gasteiger partial charge in [0, 0.05) is 24.0 Å². The van der Waals surface area contributed by atoms with Crippen molar-refractivity contribution in [1.82, 2.24) is 4.98 Å². The molecule has 5 nitrogen and oxygen atoms in total. The summed E-state index contributed by atoms with van der Waals surface area (Å²) in [5.41, 5.74) is 4.30. The van der Waals surface area contributed by atoms with Crippen molar-refractivity contribution in [2.45, 2.75) is 25.8 Å². The summed E-state index contributed by atoms with van der Waals surface area (Å²) in [4.78, 5) is 14.8. The highest BCUT2D eigenvalue weighted by atomic mass is 16.6. The Morgan fingerprint density at radius 3 is 3.00 bits per heavy atom. The predicted molar refractivity (Wildman–Crippen MR) is 76.8 cm³/mol. The van der Waals surface area contributed by atoms with Crippen molar-refractivity contribution in [1.29, 1.82) is 0 Å². The van der Waals surface area contributed by atoms with E-state index in [1.807, 2.05) is 19.2 Å². The molecule has 0 bridgehead atoms. The number of nitrogens with zero attached hydrogens (tertiary/aromatic N) is 2. The molecule has 1 aliphatic rings. The van der Waals surface area contributed by atoms with Crippen LogP contribution in [0.15, 0.2) is 36.5 Å². The molecular formula is C15H15N3O2. The van der Waals surface area contributed by atoms with Gasteiger partial charge in [-0.05, 0) is 43.0 Å². The van der Waals surface area contributed by atoms with E-state index >= 15 is 0 Å². The number of nitro benzene ring substituents is 1. The molecule has 0 saturated carbocycles. The first-order valence-electron chi connectivity index (χ1n) is 6.60. The largest absolute Gasteiger partial charge is 0.376 e. The SMILES string of the molecule is Cc1cc([N+](=O)[O-])ccc1NC1CCc2cccnc21. The third kappa shape index (κ3) is 2.22. The molecule has 0 spiro atoms. The molecule has 0 saturated heterocycles. The van der Waals surface area contributed by atoms with Gasteiger partial charge in [-0.25, -0.2) is 0 Å². The number of non-ortho nitro benzene ring substituents is 1. The minimum atomic E-state index is -0.372. The Kier molecular flexibility index (Phi) is 3.10. The van der Waals surface area contributed by atoms with Crippen molar-refractivity contribution in [2.75, 3.05) is 5.32 Å². The highest BCUT2D eigenvalue weighted by molar-refractivity contribution is 5.57. The van der Waals surface area contributed by atoms with E-state index in [0.717, 1.165) is 29.8 Å². The molecule has 1 N–H and O–H groups in total. The fourth-order valence-electron chi connectivity index (χ4n) is 2.66. The van der Waals surface area contributed by atoms with Gasteiger partial charge in [-0.2, -0.15) is 0 Å². The molecule has 1 aromatic carbocycles. The van der Waals surface area contributed by atoms with Gasteiger partial charge in [0.2, 0.25) is 0 Å². The maximum atomic E-state index is 10.7. The van der Waals surface area contributed by atoms with Gasteiger partial charge in [-0.1, -0.05) is 6.07 Å². The number of hydrogen-bond donors (Lipinski definition) is 1. The number of hydrogen-bond acceptors (Lipinski definition) is 4. The third-order valence-electron chi connectivity index (χ3n) is 3.71. The van der Waals surface area contributed by atoms with Crippen LogP contribution in [0.5, 0.6) is 0 Å². The van der Waals surface area contributed by atoms with Crippen LogP contribution in [0.1, 0.15) is 29.3 Å². The average molecular weight is 269 g/mol. The van der Waals surface area contributed by atoms with Crippen LogP contribution in [0.2, 0.25) is 0 Å². The lowest BCUT2D eigenvalue weighted by Crippen LogP contribution is -2.09. The Morgan fingerprint density at radius 2 is 2.25 bits per heavy atom. The van der Waals surface area contributed by atoms with E-state index in [-0.39, 0.29) is 16.7 Å². The molecule has 102 valence electrons. The standard InChI is InChI=1S/C15H15N3O2/c1-10-9-12(18(19)20)5-7-13(10)17-14-6-4-11-3-2-8-16-15(11)14/h2-3,5,7-9,14,17H,4,6H2,1H3. The Bertz CT molecular complexity index is 670. The summed E-state index contributed by atoms with van der Waals surface area (Å²) < 4.78 is 0. The van der Waals surface area contributed by atoms with E-state index in [9.17, 15) is 10.1 Å². The molecule has 0 amide bonds. The number of fused-ring (bicyclic) bond motifs is 1. The molecule has 0 fully saturated rings. The van der Waals surface area contributed by atoms with Crippen LogP contribution < -0.4 is 5.32 Å². The summed E-state index contributed by atoms with van der Waals surface area (Å²) in [7, 11) is 0. The molecule has 0 radical (unpaired) electrons. The van der Waals surface area contributed by atoms with E-state index < -0.39 is 0 Å². The lowest BCUT2D eigenvalue weighted by atomic mass is 10.1. The maximum absolute atomic E-state index is 10.7. The second kappa shape index (κ2) is 4.92. The minimum absolute atomic E-state index is 0.123. The van der Waals surface area contributed by atoms with Crippen LogP contribution in [0.4, 0.5) is 11.4 Å². The number of aromatic nitrogens is 1. The second-order valence-electron chi connectivity index (χ2n) is 5.04. The van der Waals surface area contributed by atoms with E-state index in [1.54, 1.807) is 12.1 Å². The zero-order valence-corrected chi connectivity index (χ0v) is 11.2. The van der Waals surface area contributed by atoms with Crippen molar-refractivity contribution < 1.29 is 4.92 Å². The van der Waals surface area contributed by atoms with Crippen molar-refractivity contribution in [3.8, 4) is 0 Å². The van der Waals surface area contributed by atoms with Crippen molar-refractivity contribution in [3.05, 3.63) is 63.5 Å². The summed E-state index contributed by atoms with van der Waals surface area (Å²) in [6.45, 7) is 1.88. The summed E-state index contributed by atoms with van der Waals surface area (Å²) >= 11 is 0. The van der Waals surface area contributed by atoms with Gasteiger partial charge in [0.05, 0.1) is 16.7 Å². The van der Waals surface area contributed by atoms with Gasteiger partial charge in [0.15, 0.2) is 0 Å². The normalized spacial score (nSPS) is 16.8. The van der Waals surface area contributed by atoms with Crippen molar-refractivity contribution in [2.24, 2.45) is 0 Å². The van der Waals surface area contributed by atoms with E-state index in [0.29, 0.717) is 0 Å². The third-order valence-corrected chi connectivity index (χ3v) is 3.71.